The van der Waals surface area contributed by atoms with Crippen LogP contribution in [0.2, 0.25) is 0 Å². The molecule has 0 aliphatic heterocycles. The average molecular weight is 1180 g/mol. The topological polar surface area (TPSA) is 19.7 Å². The Morgan fingerprint density at radius 2 is 0.511 bits per heavy atom. The number of para-hydroxylation sites is 6. The molecule has 0 saturated heterocycles. The minimum absolute atomic E-state index is 1.18. The molecule has 90 heavy (non-hydrogen) atoms. The Balaban J connectivity index is 0.000000130. The molecule has 0 radical (unpaired) electrons. The van der Waals surface area contributed by atoms with Gasteiger partial charge in [0.1, 0.15) is 0 Å². The minimum Gasteiger partial charge on any atom is -0.309 e. The first-order valence-corrected chi connectivity index (χ1v) is 32.4. The van der Waals surface area contributed by atoms with Crippen LogP contribution in [0, 0.1) is 0 Å². The maximum Gasteiger partial charge on any atom is 0.0640 e. The molecule has 14 aromatic carbocycles. The van der Waals surface area contributed by atoms with Gasteiger partial charge < -0.3 is 18.3 Å². The zero-order valence-electron chi connectivity index (χ0n) is 48.6. The van der Waals surface area contributed by atoms with Crippen molar-refractivity contribution in [3.63, 3.8) is 0 Å². The Morgan fingerprint density at radius 3 is 0.978 bits per heavy atom. The lowest BCUT2D eigenvalue weighted by Gasteiger charge is -2.10. The number of aromatic nitrogens is 4. The molecule has 0 fully saturated rings. The highest BCUT2D eigenvalue weighted by Crippen LogP contribution is 2.45. The second-order valence-corrected chi connectivity index (χ2v) is 25.7. The summed E-state index contributed by atoms with van der Waals surface area (Å²) in [7, 11) is 0. The lowest BCUT2D eigenvalue weighted by molar-refractivity contribution is 1.18. The highest BCUT2D eigenvalue weighted by molar-refractivity contribution is 7.26. The van der Waals surface area contributed by atoms with E-state index in [1.165, 1.54) is 173 Å². The fourth-order valence-electron chi connectivity index (χ4n) is 14.6. The normalized spacial score (nSPS) is 12.0. The number of thiophene rings is 2. The van der Waals surface area contributed by atoms with Gasteiger partial charge in [0.15, 0.2) is 0 Å². The standard InChI is InChI=1S/2C42H26N2S/c1-2-11-29(12-3-1)43-36-17-7-4-13-30(36)34-25-27(21-23-38(34)43)28-22-24-39-35(26-28)31-14-5-8-18-37(31)44(39)40-19-10-16-33-32-15-6-9-20-41(32)45-42(33)40;1-2-10-29(11-3-1)43-37-15-7-4-12-31(37)34-24-27(18-21-39(34)43)28-19-22-40-35(25-28)32-13-5-8-16-38(32)44(40)30-20-23-42-36(26-30)33-14-6-9-17-41(33)45-42/h2*1-26H. The van der Waals surface area contributed by atoms with Gasteiger partial charge in [-0.3, -0.25) is 0 Å². The number of hydrogen-bond acceptors (Lipinski definition) is 2. The third kappa shape index (κ3) is 7.78. The highest BCUT2D eigenvalue weighted by Gasteiger charge is 2.21. The molecule has 0 bridgehead atoms. The van der Waals surface area contributed by atoms with E-state index in [1.807, 2.05) is 22.7 Å². The van der Waals surface area contributed by atoms with Crippen LogP contribution >= 0.6 is 22.7 Å². The van der Waals surface area contributed by atoms with Crippen molar-refractivity contribution in [2.24, 2.45) is 0 Å². The minimum atomic E-state index is 1.18. The van der Waals surface area contributed by atoms with E-state index >= 15 is 0 Å². The first kappa shape index (κ1) is 50.8. The third-order valence-corrected chi connectivity index (χ3v) is 21.0. The van der Waals surface area contributed by atoms with Crippen molar-refractivity contribution < 1.29 is 0 Å². The van der Waals surface area contributed by atoms with Crippen LogP contribution in [0.4, 0.5) is 0 Å². The van der Waals surface area contributed by atoms with Crippen LogP contribution in [0.15, 0.2) is 315 Å². The maximum absolute atomic E-state index is 2.46. The summed E-state index contributed by atoms with van der Waals surface area (Å²) < 4.78 is 14.9. The molecule has 0 atom stereocenters. The molecule has 420 valence electrons. The van der Waals surface area contributed by atoms with Gasteiger partial charge in [-0.1, -0.05) is 182 Å². The zero-order chi connectivity index (χ0) is 59.0. The fraction of sp³-hybridized carbons (Fsp3) is 0. The quantitative estimate of drug-likeness (QED) is 0.158. The van der Waals surface area contributed by atoms with Crippen LogP contribution < -0.4 is 0 Å². The monoisotopic (exact) mass is 1180 g/mol. The van der Waals surface area contributed by atoms with Gasteiger partial charge >= 0.3 is 0 Å². The Bertz CT molecular complexity index is 6280. The first-order valence-electron chi connectivity index (χ1n) is 30.7. The molecule has 6 heteroatoms. The van der Waals surface area contributed by atoms with Crippen LogP contribution in [0.5, 0.6) is 0 Å². The zero-order valence-corrected chi connectivity index (χ0v) is 50.3. The molecule has 20 rings (SSSR count). The summed E-state index contributed by atoms with van der Waals surface area (Å²) in [6, 6.07) is 115. The van der Waals surface area contributed by atoms with Crippen LogP contribution in [-0.2, 0) is 0 Å². The van der Waals surface area contributed by atoms with Crippen molar-refractivity contribution in [2.75, 3.05) is 0 Å². The predicted octanol–water partition coefficient (Wildman–Crippen LogP) is 23.8. The summed E-state index contributed by atoms with van der Waals surface area (Å²) in [5, 5.41) is 15.4. The molecule has 20 aromatic rings. The maximum atomic E-state index is 2.46. The van der Waals surface area contributed by atoms with Crippen molar-refractivity contribution in [3.05, 3.63) is 315 Å². The van der Waals surface area contributed by atoms with Crippen LogP contribution in [0.1, 0.15) is 0 Å². The Kier molecular flexibility index (Phi) is 11.4. The molecule has 0 spiro atoms. The number of benzene rings is 14. The average Bonchev–Trinajstić information content (AvgIpc) is 1.66. The Hall–Kier alpha value is -11.3. The van der Waals surface area contributed by atoms with Gasteiger partial charge in [0.05, 0.1) is 54.5 Å². The molecule has 0 amide bonds. The SMILES string of the molecule is c1ccc(-n2c3ccccc3c3cc(-c4ccc5c(c4)c4ccccc4n5-c4ccc5sc6ccccc6c5c4)ccc32)cc1.c1ccc(-n2c3ccccc3c3cc(-c4ccc5c(c4)c4ccccc4n5-c4cccc5c4sc4ccccc45)ccc32)cc1. The van der Waals surface area contributed by atoms with Gasteiger partial charge in [-0.25, -0.2) is 0 Å². The smallest absolute Gasteiger partial charge is 0.0640 e. The largest absolute Gasteiger partial charge is 0.309 e. The molecular weight excluding hydrogens is 1130 g/mol. The molecule has 6 aromatic heterocycles. The van der Waals surface area contributed by atoms with E-state index in [2.05, 4.69) is 334 Å². The van der Waals surface area contributed by atoms with Crippen LogP contribution in [0.25, 0.3) is 173 Å². The van der Waals surface area contributed by atoms with Gasteiger partial charge in [-0.15, -0.1) is 22.7 Å². The second kappa shape index (κ2) is 20.1. The fourth-order valence-corrected chi connectivity index (χ4v) is 16.9. The molecular formula is C84H52N4S2. The van der Waals surface area contributed by atoms with E-state index in [0.717, 1.165) is 0 Å². The highest BCUT2D eigenvalue weighted by atomic mass is 32.1. The second-order valence-electron chi connectivity index (χ2n) is 23.5. The van der Waals surface area contributed by atoms with E-state index in [0.29, 0.717) is 0 Å². The summed E-state index contributed by atoms with van der Waals surface area (Å²) >= 11 is 3.75. The molecule has 4 nitrogen and oxygen atoms in total. The van der Waals surface area contributed by atoms with Crippen LogP contribution in [-0.4, -0.2) is 18.3 Å². The lowest BCUT2D eigenvalue weighted by atomic mass is 10.0. The van der Waals surface area contributed by atoms with Crippen molar-refractivity contribution in [1.82, 2.24) is 18.3 Å². The number of rotatable bonds is 6. The molecule has 0 unspecified atom stereocenters. The summed E-state index contributed by atoms with van der Waals surface area (Å²) in [5.41, 5.74) is 19.5. The van der Waals surface area contributed by atoms with Gasteiger partial charge in [0.2, 0.25) is 0 Å². The van der Waals surface area contributed by atoms with Gasteiger partial charge in [0.25, 0.3) is 0 Å². The van der Waals surface area contributed by atoms with Crippen molar-refractivity contribution in [2.45, 2.75) is 0 Å². The van der Waals surface area contributed by atoms with Crippen molar-refractivity contribution in [3.8, 4) is 45.0 Å². The van der Waals surface area contributed by atoms with Crippen molar-refractivity contribution in [1.29, 1.82) is 0 Å². The van der Waals surface area contributed by atoms with E-state index < -0.39 is 0 Å². The molecule has 6 heterocycles. The van der Waals surface area contributed by atoms with Gasteiger partial charge in [-0.2, -0.15) is 0 Å². The van der Waals surface area contributed by atoms with E-state index in [4.69, 9.17) is 0 Å². The molecule has 0 aliphatic rings. The molecule has 0 aliphatic carbocycles. The lowest BCUT2D eigenvalue weighted by Crippen LogP contribution is -1.94. The Labute approximate surface area is 525 Å². The number of nitrogens with zero attached hydrogens (tertiary/aromatic N) is 4. The molecule has 0 N–H and O–H groups in total. The summed E-state index contributed by atoms with van der Waals surface area (Å²) in [4.78, 5) is 0. The van der Waals surface area contributed by atoms with Crippen molar-refractivity contribution >= 4 is 150 Å². The van der Waals surface area contributed by atoms with E-state index in [1.54, 1.807) is 0 Å². The van der Waals surface area contributed by atoms with Crippen LogP contribution in [0.3, 0.4) is 0 Å². The predicted molar refractivity (Wildman–Crippen MR) is 387 cm³/mol. The number of hydrogen-bond donors (Lipinski definition) is 0. The summed E-state index contributed by atoms with van der Waals surface area (Å²) in [6.45, 7) is 0. The molecule has 0 saturated carbocycles. The van der Waals surface area contributed by atoms with E-state index in [-0.39, 0.29) is 0 Å². The van der Waals surface area contributed by atoms with Gasteiger partial charge in [-0.05, 0) is 156 Å². The Morgan fingerprint density at radius 1 is 0.178 bits per heavy atom. The first-order chi connectivity index (χ1) is 44.6. The van der Waals surface area contributed by atoms with Gasteiger partial charge in [0, 0.05) is 95.8 Å². The van der Waals surface area contributed by atoms with E-state index in [9.17, 15) is 0 Å². The summed E-state index contributed by atoms with van der Waals surface area (Å²) in [5.74, 6) is 0. The number of fused-ring (bicyclic) bond motifs is 18. The summed E-state index contributed by atoms with van der Waals surface area (Å²) in [6.07, 6.45) is 0. The third-order valence-electron chi connectivity index (χ3n) is 18.6.